The maximum absolute atomic E-state index is 9.75. The molecule has 1 aromatic rings. The molecular weight excluding hydrogens is 310 g/mol. The van der Waals surface area contributed by atoms with Crippen molar-refractivity contribution in [2.24, 2.45) is 0 Å². The molecule has 0 aliphatic heterocycles. The maximum atomic E-state index is 9.75. The SMILES string of the molecule is CC[I+]c1ccccc1.F[B-](F)(F)F. The van der Waals surface area contributed by atoms with E-state index in [0.717, 1.165) is 0 Å². The molecule has 6 heteroatoms. The van der Waals surface area contributed by atoms with Crippen LogP contribution >= 0.6 is 0 Å². The summed E-state index contributed by atoms with van der Waals surface area (Å²) in [6.07, 6.45) is 0. The Kier molecular flexibility index (Phi) is 6.95. The van der Waals surface area contributed by atoms with Gasteiger partial charge >= 0.3 is 28.5 Å². The molecule has 0 saturated carbocycles. The monoisotopic (exact) mass is 320 g/mol. The van der Waals surface area contributed by atoms with Crippen molar-refractivity contribution in [3.05, 3.63) is 33.9 Å². The van der Waals surface area contributed by atoms with Gasteiger partial charge in [0.05, 0.1) is 0 Å². The third-order valence-electron chi connectivity index (χ3n) is 1.02. The van der Waals surface area contributed by atoms with Crippen LogP contribution in [0.3, 0.4) is 0 Å². The Morgan fingerprint density at radius 3 is 1.86 bits per heavy atom. The Morgan fingerprint density at radius 1 is 1.07 bits per heavy atom. The highest BCUT2D eigenvalue weighted by Gasteiger charge is 2.20. The summed E-state index contributed by atoms with van der Waals surface area (Å²) in [5.74, 6) is 0. The average molecular weight is 320 g/mol. The van der Waals surface area contributed by atoms with Gasteiger partial charge in [0.15, 0.2) is 3.57 Å². The topological polar surface area (TPSA) is 0 Å². The lowest BCUT2D eigenvalue weighted by Gasteiger charge is -1.94. The van der Waals surface area contributed by atoms with E-state index in [0.29, 0.717) is 21.2 Å². The van der Waals surface area contributed by atoms with Gasteiger partial charge in [-0.3, -0.25) is 0 Å². The summed E-state index contributed by atoms with van der Waals surface area (Å²) in [6, 6.07) is 10.7. The Balaban J connectivity index is 0.000000292. The Hall–Kier alpha value is -0.265. The van der Waals surface area contributed by atoms with Crippen molar-refractivity contribution in [2.75, 3.05) is 4.43 Å². The summed E-state index contributed by atoms with van der Waals surface area (Å²) >= 11 is 0.330. The van der Waals surface area contributed by atoms with Gasteiger partial charge in [0.1, 0.15) is 4.43 Å². The molecular formula is C8H10BF4I. The van der Waals surface area contributed by atoms with Gasteiger partial charge in [0.25, 0.3) is 0 Å². The molecule has 0 saturated heterocycles. The van der Waals surface area contributed by atoms with Crippen LogP contribution in [0.5, 0.6) is 0 Å². The summed E-state index contributed by atoms with van der Waals surface area (Å²) in [4.78, 5) is 0. The summed E-state index contributed by atoms with van der Waals surface area (Å²) in [5.41, 5.74) is 0. The molecule has 0 radical (unpaired) electrons. The van der Waals surface area contributed by atoms with Gasteiger partial charge in [-0.2, -0.15) is 0 Å². The standard InChI is InChI=1S/C8H10I.BF4/c1-2-9-8-6-4-3-5-7-8;2-1(3,4)5/h3-7H,2H2,1H3;/q+1;-1. The van der Waals surface area contributed by atoms with E-state index in [1.165, 1.54) is 4.43 Å². The quantitative estimate of drug-likeness (QED) is 0.318. The lowest BCUT2D eigenvalue weighted by molar-refractivity contribution is -0.623. The molecule has 14 heavy (non-hydrogen) atoms. The van der Waals surface area contributed by atoms with E-state index < -0.39 is 7.25 Å². The maximum Gasteiger partial charge on any atom is 0.673 e. The van der Waals surface area contributed by atoms with Gasteiger partial charge in [0, 0.05) is 0 Å². The lowest BCUT2D eigenvalue weighted by atomic mass is 10.3. The van der Waals surface area contributed by atoms with E-state index in [1.807, 2.05) is 0 Å². The van der Waals surface area contributed by atoms with Crippen molar-refractivity contribution >= 4 is 7.25 Å². The summed E-state index contributed by atoms with van der Waals surface area (Å²) < 4.78 is 41.9. The van der Waals surface area contributed by atoms with Crippen LogP contribution in [-0.2, 0) is 0 Å². The smallest absolute Gasteiger partial charge is 0.418 e. The molecule has 0 amide bonds. The highest BCUT2D eigenvalue weighted by Crippen LogP contribution is 2.06. The van der Waals surface area contributed by atoms with E-state index in [4.69, 9.17) is 0 Å². The predicted octanol–water partition coefficient (Wildman–Crippen LogP) is 0.265. The van der Waals surface area contributed by atoms with Crippen LogP contribution in [0.1, 0.15) is 6.92 Å². The molecule has 0 aliphatic rings. The molecule has 0 spiro atoms. The minimum atomic E-state index is -6.00. The predicted molar refractivity (Wildman–Crippen MR) is 45.9 cm³/mol. The van der Waals surface area contributed by atoms with Gasteiger partial charge in [-0.1, -0.05) is 18.2 Å². The molecule has 0 unspecified atom stereocenters. The Labute approximate surface area is 91.1 Å². The number of rotatable bonds is 2. The number of alkyl halides is 1. The van der Waals surface area contributed by atoms with Crippen LogP contribution < -0.4 is 21.2 Å². The normalized spacial score (nSPS) is 10.4. The van der Waals surface area contributed by atoms with Gasteiger partial charge in [-0.15, -0.1) is 0 Å². The second kappa shape index (κ2) is 7.08. The third-order valence-corrected chi connectivity index (χ3v) is 3.38. The summed E-state index contributed by atoms with van der Waals surface area (Å²) in [5, 5.41) is 0. The van der Waals surface area contributed by atoms with Crippen molar-refractivity contribution < 1.29 is 38.5 Å². The first-order valence-corrected chi connectivity index (χ1v) is 6.55. The van der Waals surface area contributed by atoms with Crippen LogP contribution in [0.25, 0.3) is 0 Å². The lowest BCUT2D eigenvalue weighted by Crippen LogP contribution is -3.62. The number of halogens is 5. The largest absolute Gasteiger partial charge is 0.673 e. The fraction of sp³-hybridized carbons (Fsp3) is 0.250. The fourth-order valence-electron chi connectivity index (χ4n) is 0.658. The summed E-state index contributed by atoms with van der Waals surface area (Å²) in [6.45, 7) is 2.25. The molecule has 0 N–H and O–H groups in total. The molecule has 0 fully saturated rings. The molecule has 0 heterocycles. The van der Waals surface area contributed by atoms with Crippen molar-refractivity contribution in [1.29, 1.82) is 0 Å². The van der Waals surface area contributed by atoms with Crippen molar-refractivity contribution in [3.63, 3.8) is 0 Å². The van der Waals surface area contributed by atoms with Crippen molar-refractivity contribution in [2.45, 2.75) is 6.92 Å². The molecule has 0 bridgehead atoms. The zero-order valence-electron chi connectivity index (χ0n) is 7.56. The molecule has 0 aromatic heterocycles. The number of hydrogen-bond donors (Lipinski definition) is 0. The van der Waals surface area contributed by atoms with E-state index in [-0.39, 0.29) is 0 Å². The first-order valence-electron chi connectivity index (χ1n) is 3.95. The van der Waals surface area contributed by atoms with Crippen LogP contribution in [-0.4, -0.2) is 11.7 Å². The van der Waals surface area contributed by atoms with Gasteiger partial charge in [-0.25, -0.2) is 0 Å². The second-order valence-corrected chi connectivity index (χ2v) is 5.73. The van der Waals surface area contributed by atoms with Crippen molar-refractivity contribution in [1.82, 2.24) is 0 Å². The van der Waals surface area contributed by atoms with Crippen LogP contribution in [0.15, 0.2) is 30.3 Å². The molecule has 0 nitrogen and oxygen atoms in total. The molecule has 80 valence electrons. The first-order chi connectivity index (χ1) is 6.43. The highest BCUT2D eigenvalue weighted by atomic mass is 127. The van der Waals surface area contributed by atoms with Gasteiger partial charge in [-0.05, 0) is 19.1 Å². The van der Waals surface area contributed by atoms with E-state index in [2.05, 4.69) is 37.3 Å². The van der Waals surface area contributed by atoms with Gasteiger partial charge < -0.3 is 17.3 Å². The van der Waals surface area contributed by atoms with Crippen molar-refractivity contribution in [3.8, 4) is 0 Å². The highest BCUT2D eigenvalue weighted by molar-refractivity contribution is 6.50. The van der Waals surface area contributed by atoms with Gasteiger partial charge in [0.2, 0.25) is 0 Å². The Bertz CT molecular complexity index is 231. The third kappa shape index (κ3) is 11.7. The van der Waals surface area contributed by atoms with Crippen LogP contribution in [0.2, 0.25) is 0 Å². The minimum Gasteiger partial charge on any atom is -0.418 e. The first kappa shape index (κ1) is 13.7. The van der Waals surface area contributed by atoms with E-state index in [1.54, 1.807) is 3.57 Å². The van der Waals surface area contributed by atoms with E-state index in [9.17, 15) is 17.3 Å². The molecule has 0 aliphatic carbocycles. The molecule has 1 aromatic carbocycles. The van der Waals surface area contributed by atoms with E-state index >= 15 is 0 Å². The Morgan fingerprint density at radius 2 is 1.50 bits per heavy atom. The minimum absolute atomic E-state index is 0.330. The zero-order valence-corrected chi connectivity index (χ0v) is 9.72. The number of benzene rings is 1. The molecule has 1 rings (SSSR count). The second-order valence-electron chi connectivity index (χ2n) is 2.19. The molecule has 0 atom stereocenters. The van der Waals surface area contributed by atoms with Crippen LogP contribution in [0.4, 0.5) is 17.3 Å². The number of hydrogen-bond acceptors (Lipinski definition) is 0. The summed E-state index contributed by atoms with van der Waals surface area (Å²) in [7, 11) is -6.00. The van der Waals surface area contributed by atoms with Crippen LogP contribution in [0, 0.1) is 3.57 Å². The zero-order chi connectivity index (χ0) is 11.0. The fourth-order valence-corrected chi connectivity index (χ4v) is 2.46. The average Bonchev–Trinajstić information content (AvgIpc) is 2.03.